The smallest absolute Gasteiger partial charge is 0.419 e. The predicted octanol–water partition coefficient (Wildman–Crippen LogP) is 7.38. The number of carbonyl (C=O) groups is 2. The number of ether oxygens (including phenoxy) is 3. The Balaban J connectivity index is 1.51. The maximum atomic E-state index is 13.1. The fourth-order valence-electron chi connectivity index (χ4n) is 6.67. The van der Waals surface area contributed by atoms with Crippen LogP contribution in [0.15, 0.2) is 42.6 Å². The van der Waals surface area contributed by atoms with Crippen LogP contribution in [-0.4, -0.2) is 59.4 Å². The van der Waals surface area contributed by atoms with Crippen LogP contribution in [0, 0.1) is 12.3 Å². The number of hydrogen-bond acceptors (Lipinski definition) is 7. The van der Waals surface area contributed by atoms with Gasteiger partial charge in [-0.05, 0) is 107 Å². The molecule has 5 rings (SSSR count). The normalized spacial score (nSPS) is 22.9. The molecule has 0 radical (unpaired) electrons. The number of aryl methyl sites for hydroxylation is 1. The zero-order valence-corrected chi connectivity index (χ0v) is 26.1. The second kappa shape index (κ2) is 11.4. The van der Waals surface area contributed by atoms with Gasteiger partial charge in [0.05, 0.1) is 25.3 Å². The highest BCUT2D eigenvalue weighted by Gasteiger charge is 2.48. The lowest BCUT2D eigenvalue weighted by atomic mass is 9.60. The van der Waals surface area contributed by atoms with E-state index in [4.69, 9.17) is 14.2 Å². The highest BCUT2D eigenvalue weighted by atomic mass is 32.2. The first-order valence-corrected chi connectivity index (χ1v) is 15.6. The second-order valence-electron chi connectivity index (χ2n) is 12.6. The third-order valence-corrected chi connectivity index (χ3v) is 9.77. The summed E-state index contributed by atoms with van der Waals surface area (Å²) < 4.78 is 18.2. The van der Waals surface area contributed by atoms with E-state index < -0.39 is 5.60 Å². The first-order chi connectivity index (χ1) is 19.5. The fraction of sp³-hybridized carbons (Fsp3) is 0.515. The number of thioether (sulfide) groups is 1. The zero-order chi connectivity index (χ0) is 29.5. The van der Waals surface area contributed by atoms with Crippen molar-refractivity contribution in [2.75, 3.05) is 27.0 Å². The summed E-state index contributed by atoms with van der Waals surface area (Å²) in [5.41, 5.74) is 4.42. The Morgan fingerprint density at radius 2 is 1.78 bits per heavy atom. The minimum absolute atomic E-state index is 0.201. The number of carbonyl (C=O) groups excluding carboxylic acids is 2. The summed E-state index contributed by atoms with van der Waals surface area (Å²) in [6.07, 6.45) is 8.40. The van der Waals surface area contributed by atoms with Gasteiger partial charge in [0.1, 0.15) is 11.4 Å². The molecule has 7 nitrogen and oxygen atoms in total. The van der Waals surface area contributed by atoms with Crippen molar-refractivity contribution in [2.45, 2.75) is 76.8 Å². The number of rotatable bonds is 6. The number of methoxy groups -OCH3 is 2. The molecule has 2 fully saturated rings. The van der Waals surface area contributed by atoms with E-state index in [0.29, 0.717) is 17.5 Å². The van der Waals surface area contributed by atoms with Gasteiger partial charge in [-0.25, -0.2) is 9.59 Å². The largest absolute Gasteiger partial charge is 0.496 e. The molecule has 1 aliphatic heterocycles. The van der Waals surface area contributed by atoms with Gasteiger partial charge in [-0.15, -0.1) is 0 Å². The number of fused-ring (bicyclic) bond motifs is 1. The van der Waals surface area contributed by atoms with Crippen LogP contribution in [0.3, 0.4) is 0 Å². The number of hydrogen-bond donors (Lipinski definition) is 0. The molecule has 41 heavy (non-hydrogen) atoms. The fourth-order valence-corrected chi connectivity index (χ4v) is 7.71. The average Bonchev–Trinajstić information content (AvgIpc) is 3.38. The first-order valence-electron chi connectivity index (χ1n) is 14.3. The lowest BCUT2D eigenvalue weighted by molar-refractivity contribution is -0.00568. The van der Waals surface area contributed by atoms with Gasteiger partial charge in [0, 0.05) is 35.0 Å². The van der Waals surface area contributed by atoms with E-state index in [1.54, 1.807) is 17.9 Å². The van der Waals surface area contributed by atoms with Crippen LogP contribution in [-0.2, 0) is 16.0 Å². The minimum atomic E-state index is -0.589. The van der Waals surface area contributed by atoms with Crippen molar-refractivity contribution >= 4 is 34.7 Å². The van der Waals surface area contributed by atoms with Crippen LogP contribution < -0.4 is 4.74 Å². The molecule has 0 bridgehead atoms. The van der Waals surface area contributed by atoms with Gasteiger partial charge in [0.25, 0.3) is 0 Å². The van der Waals surface area contributed by atoms with E-state index >= 15 is 0 Å². The van der Waals surface area contributed by atoms with Crippen molar-refractivity contribution in [2.24, 2.45) is 5.41 Å². The van der Waals surface area contributed by atoms with Gasteiger partial charge in [-0.1, -0.05) is 12.1 Å². The highest BCUT2D eigenvalue weighted by Crippen LogP contribution is 2.57. The Hall–Kier alpha value is -2.97. The number of likely N-dealkylation sites (tertiary alicyclic amines) is 1. The van der Waals surface area contributed by atoms with Gasteiger partial charge >= 0.3 is 12.1 Å². The van der Waals surface area contributed by atoms with E-state index in [1.807, 2.05) is 63.7 Å². The molecule has 0 unspecified atom stereocenters. The lowest BCUT2D eigenvalue weighted by Gasteiger charge is -2.55. The molecule has 2 aliphatic rings. The Kier molecular flexibility index (Phi) is 8.18. The second-order valence-corrected chi connectivity index (χ2v) is 13.8. The van der Waals surface area contributed by atoms with Crippen LogP contribution >= 0.6 is 11.8 Å². The molecule has 0 N–H and O–H groups in total. The molecule has 2 heterocycles. The molecule has 3 aromatic rings. The summed E-state index contributed by atoms with van der Waals surface area (Å²) in [5, 5.41) is 1.74. The molecule has 1 saturated heterocycles. The third kappa shape index (κ3) is 5.86. The maximum Gasteiger partial charge on any atom is 0.419 e. The summed E-state index contributed by atoms with van der Waals surface area (Å²) in [4.78, 5) is 27.7. The van der Waals surface area contributed by atoms with Crippen LogP contribution in [0.25, 0.3) is 10.9 Å². The SMILES string of the molecule is COC(=O)c1ccc([C@@H]2CC3(CCN2Cc2c(OC)cc(C)c4c2ccn4C(=O)OC(C)(C)C)CC(SC)C3)cc1. The maximum absolute atomic E-state index is 13.1. The molecule has 1 atom stereocenters. The predicted molar refractivity (Wildman–Crippen MR) is 164 cm³/mol. The van der Waals surface area contributed by atoms with E-state index in [9.17, 15) is 9.59 Å². The van der Waals surface area contributed by atoms with Gasteiger partial charge < -0.3 is 14.2 Å². The quantitative estimate of drug-likeness (QED) is 0.283. The van der Waals surface area contributed by atoms with E-state index in [2.05, 4.69) is 23.3 Å². The van der Waals surface area contributed by atoms with Crippen LogP contribution in [0.4, 0.5) is 4.79 Å². The molecule has 1 aromatic heterocycles. The number of esters is 1. The van der Waals surface area contributed by atoms with Crippen molar-refractivity contribution in [3.8, 4) is 5.75 Å². The molecule has 2 aromatic carbocycles. The minimum Gasteiger partial charge on any atom is -0.496 e. The number of piperidine rings is 1. The number of nitrogens with zero attached hydrogens (tertiary/aromatic N) is 2. The Morgan fingerprint density at radius 1 is 1.07 bits per heavy atom. The van der Waals surface area contributed by atoms with Gasteiger partial charge in [0.2, 0.25) is 0 Å². The summed E-state index contributed by atoms with van der Waals surface area (Å²) in [6.45, 7) is 9.29. The topological polar surface area (TPSA) is 70.0 Å². The number of aromatic nitrogens is 1. The molecule has 8 heteroatoms. The summed E-state index contributed by atoms with van der Waals surface area (Å²) >= 11 is 1.98. The van der Waals surface area contributed by atoms with E-state index in [-0.39, 0.29) is 18.1 Å². The molecule has 1 saturated carbocycles. The van der Waals surface area contributed by atoms with E-state index in [1.165, 1.54) is 25.5 Å². The van der Waals surface area contributed by atoms with Crippen molar-refractivity contribution in [3.63, 3.8) is 0 Å². The molecular weight excluding hydrogens is 536 g/mol. The highest BCUT2D eigenvalue weighted by molar-refractivity contribution is 7.99. The Morgan fingerprint density at radius 3 is 2.39 bits per heavy atom. The van der Waals surface area contributed by atoms with Gasteiger partial charge in [-0.2, -0.15) is 11.8 Å². The number of benzene rings is 2. The van der Waals surface area contributed by atoms with Crippen molar-refractivity contribution in [1.82, 2.24) is 9.47 Å². The van der Waals surface area contributed by atoms with Crippen molar-refractivity contribution < 1.29 is 23.8 Å². The summed E-state index contributed by atoms with van der Waals surface area (Å²) in [6, 6.07) is 12.1. The van der Waals surface area contributed by atoms with Gasteiger partial charge in [-0.3, -0.25) is 9.47 Å². The summed E-state index contributed by atoms with van der Waals surface area (Å²) in [5.74, 6) is 0.500. The van der Waals surface area contributed by atoms with Crippen molar-refractivity contribution in [3.05, 3.63) is 64.8 Å². The molecular formula is C33H42N2O5S. The van der Waals surface area contributed by atoms with E-state index in [0.717, 1.165) is 52.4 Å². The van der Waals surface area contributed by atoms with Gasteiger partial charge in [0.15, 0.2) is 0 Å². The Labute approximate surface area is 247 Å². The zero-order valence-electron chi connectivity index (χ0n) is 25.3. The lowest BCUT2D eigenvalue weighted by Crippen LogP contribution is -2.49. The Bertz CT molecular complexity index is 1430. The first kappa shape index (κ1) is 29.5. The van der Waals surface area contributed by atoms with Crippen LogP contribution in [0.5, 0.6) is 5.75 Å². The monoisotopic (exact) mass is 578 g/mol. The molecule has 1 spiro atoms. The molecule has 220 valence electrons. The molecule has 0 amide bonds. The molecule has 1 aliphatic carbocycles. The average molecular weight is 579 g/mol. The van der Waals surface area contributed by atoms with Crippen LogP contribution in [0.1, 0.15) is 79.5 Å². The third-order valence-electron chi connectivity index (χ3n) is 8.77. The van der Waals surface area contributed by atoms with Crippen molar-refractivity contribution in [1.29, 1.82) is 0 Å². The van der Waals surface area contributed by atoms with Crippen LogP contribution in [0.2, 0.25) is 0 Å². The standard InChI is InChI=1S/C33H42N2O5S/c1-21-16-28(38-5)26(25-12-14-35(29(21)25)31(37)40-32(2,3)4)20-34-15-13-33(17-24(18-33)41-7)19-27(34)22-8-10-23(11-9-22)30(36)39-6/h8-12,14,16,24,27H,13,15,17-20H2,1-7H3/t24?,27-,33?/m0/s1. The summed E-state index contributed by atoms with van der Waals surface area (Å²) in [7, 11) is 3.12.